The fourth-order valence-electron chi connectivity index (χ4n) is 2.04. The Bertz CT molecular complexity index is 197. The lowest BCUT2D eigenvalue weighted by Crippen LogP contribution is -2.38. The number of carbonyl (C=O) groups is 1. The second-order valence-electron chi connectivity index (χ2n) is 5.51. The molecule has 0 heterocycles. The summed E-state index contributed by atoms with van der Waals surface area (Å²) in [5.74, 6) is 0.190. The third-order valence-electron chi connectivity index (χ3n) is 3.10. The molecule has 2 heteroatoms. The maximum absolute atomic E-state index is 11.9. The smallest absolute Gasteiger partial charge is 0.164 e. The van der Waals surface area contributed by atoms with Gasteiger partial charge in [0.25, 0.3) is 0 Å². The summed E-state index contributed by atoms with van der Waals surface area (Å²) in [7, 11) is 0. The average Bonchev–Trinajstić information content (AvgIpc) is 2.15. The quantitative estimate of drug-likeness (QED) is 0.740. The van der Waals surface area contributed by atoms with E-state index in [0.717, 1.165) is 25.7 Å². The van der Waals surface area contributed by atoms with E-state index in [-0.39, 0.29) is 17.1 Å². The lowest BCUT2D eigenvalue weighted by molar-refractivity contribution is -0.137. The van der Waals surface area contributed by atoms with Crippen LogP contribution in [0.1, 0.15) is 52.9 Å². The van der Waals surface area contributed by atoms with E-state index < -0.39 is 6.10 Å². The molecule has 1 atom stereocenters. The van der Waals surface area contributed by atoms with Crippen LogP contribution in [0.25, 0.3) is 0 Å². The minimum absolute atomic E-state index is 0.0669. The van der Waals surface area contributed by atoms with Gasteiger partial charge in [-0.15, -0.1) is 0 Å². The minimum Gasteiger partial charge on any atom is -0.385 e. The largest absolute Gasteiger partial charge is 0.385 e. The number of carbonyl (C=O) groups excluding carboxylic acids is 1. The Morgan fingerprint density at radius 3 is 2.14 bits per heavy atom. The Morgan fingerprint density at radius 2 is 1.71 bits per heavy atom. The monoisotopic (exact) mass is 198 g/mol. The maximum Gasteiger partial charge on any atom is 0.164 e. The number of aliphatic hydroxyl groups excluding tert-OH is 1. The molecule has 0 bridgehead atoms. The first-order valence-electron chi connectivity index (χ1n) is 5.64. The third-order valence-corrected chi connectivity index (χ3v) is 3.10. The van der Waals surface area contributed by atoms with Crippen molar-refractivity contribution in [3.05, 3.63) is 0 Å². The zero-order chi connectivity index (χ0) is 10.8. The first kappa shape index (κ1) is 11.7. The lowest BCUT2D eigenvalue weighted by Gasteiger charge is -2.29. The van der Waals surface area contributed by atoms with Crippen molar-refractivity contribution >= 4 is 5.78 Å². The van der Waals surface area contributed by atoms with Crippen molar-refractivity contribution in [3.8, 4) is 0 Å². The summed E-state index contributed by atoms with van der Waals surface area (Å²) in [6.45, 7) is 5.75. The molecule has 0 spiro atoms. The highest BCUT2D eigenvalue weighted by atomic mass is 16.3. The Labute approximate surface area is 86.7 Å². The van der Waals surface area contributed by atoms with Gasteiger partial charge in [-0.1, -0.05) is 40.0 Å². The predicted molar refractivity (Wildman–Crippen MR) is 57.0 cm³/mol. The zero-order valence-corrected chi connectivity index (χ0v) is 9.55. The van der Waals surface area contributed by atoms with Crippen molar-refractivity contribution in [2.75, 3.05) is 0 Å². The van der Waals surface area contributed by atoms with Crippen LogP contribution in [-0.2, 0) is 4.79 Å². The predicted octanol–water partition coefficient (Wildman–Crippen LogP) is 2.54. The van der Waals surface area contributed by atoms with E-state index >= 15 is 0 Å². The molecule has 0 radical (unpaired) electrons. The van der Waals surface area contributed by atoms with Crippen molar-refractivity contribution in [2.24, 2.45) is 11.3 Å². The molecule has 1 aliphatic carbocycles. The van der Waals surface area contributed by atoms with Gasteiger partial charge in [0.15, 0.2) is 5.78 Å². The zero-order valence-electron chi connectivity index (χ0n) is 9.55. The van der Waals surface area contributed by atoms with Crippen molar-refractivity contribution in [3.63, 3.8) is 0 Å². The molecule has 1 unspecified atom stereocenters. The molecule has 0 amide bonds. The summed E-state index contributed by atoms with van der Waals surface area (Å²) in [5.41, 5.74) is -0.311. The highest BCUT2D eigenvalue weighted by molar-refractivity contribution is 5.85. The van der Waals surface area contributed by atoms with Gasteiger partial charge in [-0.05, 0) is 18.3 Å². The molecular weight excluding hydrogens is 176 g/mol. The van der Waals surface area contributed by atoms with Crippen molar-refractivity contribution in [1.82, 2.24) is 0 Å². The summed E-state index contributed by atoms with van der Waals surface area (Å²) in [6.07, 6.45) is 4.71. The van der Waals surface area contributed by atoms with Crippen molar-refractivity contribution < 1.29 is 9.90 Å². The molecule has 14 heavy (non-hydrogen) atoms. The average molecular weight is 198 g/mol. The SMILES string of the molecule is CC(C)(C)C(O)C(=O)C1CCCCC1. The summed E-state index contributed by atoms with van der Waals surface area (Å²) >= 11 is 0. The molecule has 2 nitrogen and oxygen atoms in total. The first-order chi connectivity index (χ1) is 6.43. The van der Waals surface area contributed by atoms with E-state index in [0.29, 0.717) is 0 Å². The first-order valence-corrected chi connectivity index (χ1v) is 5.64. The topological polar surface area (TPSA) is 37.3 Å². The van der Waals surface area contributed by atoms with Crippen LogP contribution in [0, 0.1) is 11.3 Å². The van der Waals surface area contributed by atoms with Gasteiger partial charge < -0.3 is 5.11 Å². The molecule has 0 aromatic heterocycles. The van der Waals surface area contributed by atoms with Gasteiger partial charge in [-0.25, -0.2) is 0 Å². The van der Waals surface area contributed by atoms with Gasteiger partial charge in [-0.3, -0.25) is 4.79 Å². The standard InChI is InChI=1S/C12H22O2/c1-12(2,3)11(14)10(13)9-7-5-4-6-8-9/h9,11,14H,4-8H2,1-3H3. The van der Waals surface area contributed by atoms with Crippen LogP contribution in [-0.4, -0.2) is 17.0 Å². The van der Waals surface area contributed by atoms with Crippen LogP contribution in [0.3, 0.4) is 0 Å². The summed E-state index contributed by atoms with van der Waals surface area (Å²) < 4.78 is 0. The van der Waals surface area contributed by atoms with E-state index in [1.165, 1.54) is 6.42 Å². The number of aliphatic hydroxyl groups is 1. The normalized spacial score (nSPS) is 22.0. The fraction of sp³-hybridized carbons (Fsp3) is 0.917. The fourth-order valence-corrected chi connectivity index (χ4v) is 2.04. The van der Waals surface area contributed by atoms with E-state index in [1.54, 1.807) is 0 Å². The second-order valence-corrected chi connectivity index (χ2v) is 5.51. The summed E-state index contributed by atoms with van der Waals surface area (Å²) in [6, 6.07) is 0. The van der Waals surface area contributed by atoms with Crippen molar-refractivity contribution in [2.45, 2.75) is 59.0 Å². The summed E-state index contributed by atoms with van der Waals surface area (Å²) in [5, 5.41) is 9.86. The van der Waals surface area contributed by atoms with Gasteiger partial charge in [0.2, 0.25) is 0 Å². The molecule has 82 valence electrons. The van der Waals surface area contributed by atoms with Gasteiger partial charge >= 0.3 is 0 Å². The summed E-state index contributed by atoms with van der Waals surface area (Å²) in [4.78, 5) is 11.9. The second kappa shape index (κ2) is 4.43. The molecule has 0 aliphatic heterocycles. The van der Waals surface area contributed by atoms with E-state index in [4.69, 9.17) is 0 Å². The molecule has 1 rings (SSSR count). The van der Waals surface area contributed by atoms with Gasteiger partial charge in [0, 0.05) is 5.92 Å². The van der Waals surface area contributed by atoms with Crippen LogP contribution in [0.2, 0.25) is 0 Å². The highest BCUT2D eigenvalue weighted by Gasteiger charge is 2.34. The highest BCUT2D eigenvalue weighted by Crippen LogP contribution is 2.29. The number of ketones is 1. The van der Waals surface area contributed by atoms with E-state index in [9.17, 15) is 9.90 Å². The molecule has 1 aliphatic rings. The molecule has 0 saturated heterocycles. The maximum atomic E-state index is 11.9. The van der Waals surface area contributed by atoms with Crippen LogP contribution in [0.5, 0.6) is 0 Å². The molecule has 0 aromatic carbocycles. The Kier molecular flexibility index (Phi) is 3.71. The van der Waals surface area contributed by atoms with Gasteiger partial charge in [0.05, 0.1) is 0 Å². The van der Waals surface area contributed by atoms with Crippen LogP contribution >= 0.6 is 0 Å². The lowest BCUT2D eigenvalue weighted by atomic mass is 9.78. The molecule has 0 aromatic rings. The minimum atomic E-state index is -0.786. The molecule has 1 fully saturated rings. The van der Waals surface area contributed by atoms with Crippen LogP contribution in [0.15, 0.2) is 0 Å². The molecule has 1 N–H and O–H groups in total. The van der Waals surface area contributed by atoms with Gasteiger partial charge in [-0.2, -0.15) is 0 Å². The van der Waals surface area contributed by atoms with E-state index in [2.05, 4.69) is 0 Å². The Balaban J connectivity index is 2.55. The Hall–Kier alpha value is -0.370. The van der Waals surface area contributed by atoms with Crippen molar-refractivity contribution in [1.29, 1.82) is 0 Å². The molecular formula is C12H22O2. The Morgan fingerprint density at radius 1 is 1.21 bits per heavy atom. The third kappa shape index (κ3) is 2.81. The number of Topliss-reactive ketones (excluding diaryl/α,β-unsaturated/α-hetero) is 1. The van der Waals surface area contributed by atoms with Gasteiger partial charge in [0.1, 0.15) is 6.10 Å². The number of hydrogen-bond donors (Lipinski definition) is 1. The van der Waals surface area contributed by atoms with E-state index in [1.807, 2.05) is 20.8 Å². The number of rotatable bonds is 2. The number of hydrogen-bond acceptors (Lipinski definition) is 2. The van der Waals surface area contributed by atoms with Crippen LogP contribution in [0.4, 0.5) is 0 Å². The molecule has 1 saturated carbocycles. The van der Waals surface area contributed by atoms with Crippen LogP contribution < -0.4 is 0 Å².